The van der Waals surface area contributed by atoms with Crippen LogP contribution in [0.4, 0.5) is 0 Å². The third kappa shape index (κ3) is 5.28. The largest absolute Gasteiger partial charge is 0.302 e. The van der Waals surface area contributed by atoms with Gasteiger partial charge < -0.3 is 9.69 Å². The topological polar surface area (TPSA) is 44.1 Å². The summed E-state index contributed by atoms with van der Waals surface area (Å²) in [5, 5.41) is 8.80. The lowest BCUT2D eigenvalue weighted by Gasteiger charge is -2.16. The fourth-order valence-corrected chi connectivity index (χ4v) is 1.73. The monoisotopic (exact) mass is 230 g/mol. The standard InChI is InChI=1S/C14H18N2O/c1-12(17)5-4-8-16(2)11-14-7-3-6-13(9-14)10-15/h3,6-7,9H,4-5,8,11H2,1-2H3. The first-order valence-corrected chi connectivity index (χ1v) is 5.79. The van der Waals surface area contributed by atoms with Crippen molar-refractivity contribution in [2.75, 3.05) is 13.6 Å². The molecule has 0 aliphatic rings. The second-order valence-electron chi connectivity index (χ2n) is 4.36. The summed E-state index contributed by atoms with van der Waals surface area (Å²) < 4.78 is 0. The predicted octanol–water partition coefficient (Wildman–Crippen LogP) is 2.36. The van der Waals surface area contributed by atoms with Crippen molar-refractivity contribution < 1.29 is 4.79 Å². The summed E-state index contributed by atoms with van der Waals surface area (Å²) in [5.41, 5.74) is 1.83. The number of nitriles is 1. The third-order valence-corrected chi connectivity index (χ3v) is 2.58. The number of hydrogen-bond donors (Lipinski definition) is 0. The molecular weight excluding hydrogens is 212 g/mol. The Morgan fingerprint density at radius 2 is 2.24 bits per heavy atom. The molecule has 0 saturated heterocycles. The molecule has 1 aromatic carbocycles. The van der Waals surface area contributed by atoms with Crippen LogP contribution in [0.3, 0.4) is 0 Å². The molecule has 0 spiro atoms. The van der Waals surface area contributed by atoms with Crippen molar-refractivity contribution in [3.63, 3.8) is 0 Å². The number of rotatable bonds is 6. The molecule has 0 aliphatic carbocycles. The highest BCUT2D eigenvalue weighted by atomic mass is 16.1. The van der Waals surface area contributed by atoms with Crippen molar-refractivity contribution in [1.82, 2.24) is 4.90 Å². The number of carbonyl (C=O) groups excluding carboxylic acids is 1. The quantitative estimate of drug-likeness (QED) is 0.753. The van der Waals surface area contributed by atoms with Crippen LogP contribution in [-0.4, -0.2) is 24.3 Å². The average Bonchev–Trinajstić information content (AvgIpc) is 2.28. The Bertz CT molecular complexity index is 420. The zero-order chi connectivity index (χ0) is 12.7. The van der Waals surface area contributed by atoms with Crippen LogP contribution in [0.2, 0.25) is 0 Å². The van der Waals surface area contributed by atoms with Gasteiger partial charge in [-0.2, -0.15) is 5.26 Å². The zero-order valence-electron chi connectivity index (χ0n) is 10.4. The first-order valence-electron chi connectivity index (χ1n) is 5.79. The van der Waals surface area contributed by atoms with Crippen LogP contribution in [0.1, 0.15) is 30.9 Å². The molecule has 90 valence electrons. The van der Waals surface area contributed by atoms with Gasteiger partial charge in [0.25, 0.3) is 0 Å². The van der Waals surface area contributed by atoms with Crippen molar-refractivity contribution in [3.05, 3.63) is 35.4 Å². The van der Waals surface area contributed by atoms with E-state index in [9.17, 15) is 4.79 Å². The van der Waals surface area contributed by atoms with Gasteiger partial charge in [-0.1, -0.05) is 12.1 Å². The van der Waals surface area contributed by atoms with E-state index in [1.54, 1.807) is 13.0 Å². The normalized spacial score (nSPS) is 10.2. The molecule has 0 radical (unpaired) electrons. The summed E-state index contributed by atoms with van der Waals surface area (Å²) in [6.07, 6.45) is 1.53. The van der Waals surface area contributed by atoms with Crippen molar-refractivity contribution in [2.45, 2.75) is 26.3 Å². The maximum atomic E-state index is 10.8. The summed E-state index contributed by atoms with van der Waals surface area (Å²) >= 11 is 0. The molecule has 0 heterocycles. The van der Waals surface area contributed by atoms with E-state index in [1.165, 1.54) is 0 Å². The lowest BCUT2D eigenvalue weighted by Crippen LogP contribution is -2.19. The molecule has 1 aromatic rings. The van der Waals surface area contributed by atoms with Gasteiger partial charge >= 0.3 is 0 Å². The van der Waals surface area contributed by atoms with Crippen LogP contribution in [0.15, 0.2) is 24.3 Å². The first kappa shape index (κ1) is 13.4. The predicted molar refractivity (Wildman–Crippen MR) is 67.4 cm³/mol. The molecule has 0 amide bonds. The van der Waals surface area contributed by atoms with Crippen molar-refractivity contribution >= 4 is 5.78 Å². The van der Waals surface area contributed by atoms with Crippen LogP contribution >= 0.6 is 0 Å². The zero-order valence-corrected chi connectivity index (χ0v) is 10.4. The Hall–Kier alpha value is -1.66. The van der Waals surface area contributed by atoms with E-state index < -0.39 is 0 Å². The van der Waals surface area contributed by atoms with Crippen molar-refractivity contribution in [2.24, 2.45) is 0 Å². The maximum Gasteiger partial charge on any atom is 0.129 e. The Morgan fingerprint density at radius 1 is 1.47 bits per heavy atom. The molecular formula is C14H18N2O. The minimum atomic E-state index is 0.241. The smallest absolute Gasteiger partial charge is 0.129 e. The summed E-state index contributed by atoms with van der Waals surface area (Å²) in [7, 11) is 2.03. The van der Waals surface area contributed by atoms with Crippen LogP contribution in [0, 0.1) is 11.3 Å². The van der Waals surface area contributed by atoms with Gasteiger partial charge in [0.05, 0.1) is 11.6 Å². The minimum absolute atomic E-state index is 0.241. The fourth-order valence-electron chi connectivity index (χ4n) is 1.73. The van der Waals surface area contributed by atoms with Gasteiger partial charge in [0.1, 0.15) is 5.78 Å². The van der Waals surface area contributed by atoms with Crippen LogP contribution < -0.4 is 0 Å². The van der Waals surface area contributed by atoms with Gasteiger partial charge in [-0.25, -0.2) is 0 Å². The summed E-state index contributed by atoms with van der Waals surface area (Å²) in [4.78, 5) is 13.0. The average molecular weight is 230 g/mol. The fraction of sp³-hybridized carbons (Fsp3) is 0.429. The minimum Gasteiger partial charge on any atom is -0.302 e. The SMILES string of the molecule is CC(=O)CCCN(C)Cc1cccc(C#N)c1. The number of ketones is 1. The lowest BCUT2D eigenvalue weighted by atomic mass is 10.1. The van der Waals surface area contributed by atoms with E-state index in [-0.39, 0.29) is 5.78 Å². The molecule has 0 atom stereocenters. The summed E-state index contributed by atoms with van der Waals surface area (Å²) in [6.45, 7) is 3.33. The lowest BCUT2D eigenvalue weighted by molar-refractivity contribution is -0.117. The second kappa shape index (κ2) is 6.82. The molecule has 1 rings (SSSR count). The molecule has 0 aromatic heterocycles. The van der Waals surface area contributed by atoms with Crippen molar-refractivity contribution in [1.29, 1.82) is 5.26 Å². The third-order valence-electron chi connectivity index (χ3n) is 2.58. The number of carbonyl (C=O) groups is 1. The molecule has 0 bridgehead atoms. The molecule has 0 N–H and O–H groups in total. The van der Waals surface area contributed by atoms with Gasteiger partial charge in [-0.15, -0.1) is 0 Å². The Labute approximate surface area is 103 Å². The van der Waals surface area contributed by atoms with Crippen molar-refractivity contribution in [3.8, 4) is 6.07 Å². The number of nitrogens with zero attached hydrogens (tertiary/aromatic N) is 2. The highest BCUT2D eigenvalue weighted by molar-refractivity contribution is 5.75. The molecule has 0 saturated carbocycles. The first-order chi connectivity index (χ1) is 8.11. The van der Waals surface area contributed by atoms with Gasteiger partial charge in [0.15, 0.2) is 0 Å². The van der Waals surface area contributed by atoms with Gasteiger partial charge in [0, 0.05) is 13.0 Å². The number of hydrogen-bond acceptors (Lipinski definition) is 3. The number of benzene rings is 1. The molecule has 0 unspecified atom stereocenters. The summed E-state index contributed by atoms with van der Waals surface area (Å²) in [5.74, 6) is 0.241. The molecule has 3 heteroatoms. The Kier molecular flexibility index (Phi) is 5.38. The van der Waals surface area contributed by atoms with E-state index in [0.29, 0.717) is 12.0 Å². The van der Waals surface area contributed by atoms with Crippen LogP contribution in [-0.2, 0) is 11.3 Å². The van der Waals surface area contributed by atoms with E-state index in [0.717, 1.165) is 25.1 Å². The number of Topliss-reactive ketones (excluding diaryl/α,β-unsaturated/α-hetero) is 1. The highest BCUT2D eigenvalue weighted by Crippen LogP contribution is 2.07. The van der Waals surface area contributed by atoms with Gasteiger partial charge in [-0.05, 0) is 44.6 Å². The highest BCUT2D eigenvalue weighted by Gasteiger charge is 2.02. The van der Waals surface area contributed by atoms with Gasteiger partial charge in [-0.3, -0.25) is 0 Å². The molecule has 0 fully saturated rings. The van der Waals surface area contributed by atoms with E-state index >= 15 is 0 Å². The summed E-state index contributed by atoms with van der Waals surface area (Å²) in [6, 6.07) is 9.76. The van der Waals surface area contributed by atoms with Gasteiger partial charge in [0.2, 0.25) is 0 Å². The van der Waals surface area contributed by atoms with Crippen LogP contribution in [0.25, 0.3) is 0 Å². The maximum absolute atomic E-state index is 10.8. The second-order valence-corrected chi connectivity index (χ2v) is 4.36. The molecule has 17 heavy (non-hydrogen) atoms. The molecule has 0 aliphatic heterocycles. The van der Waals surface area contributed by atoms with E-state index in [4.69, 9.17) is 5.26 Å². The van der Waals surface area contributed by atoms with E-state index in [1.807, 2.05) is 25.2 Å². The molecule has 3 nitrogen and oxygen atoms in total. The Morgan fingerprint density at radius 3 is 2.88 bits per heavy atom. The van der Waals surface area contributed by atoms with Crippen LogP contribution in [0.5, 0.6) is 0 Å². The Balaban J connectivity index is 2.42. The van der Waals surface area contributed by atoms with E-state index in [2.05, 4.69) is 11.0 Å².